The minimum atomic E-state index is -0.580. The number of amides is 1. The van der Waals surface area contributed by atoms with Gasteiger partial charge in [-0.15, -0.1) is 0 Å². The molecule has 1 atom stereocenters. The first kappa shape index (κ1) is 21.6. The number of Topliss-reactive ketones (excluding diaryl/α,β-unsaturated/α-hetero) is 1. The highest BCUT2D eigenvalue weighted by molar-refractivity contribution is 6.42. The van der Waals surface area contributed by atoms with Crippen molar-refractivity contribution >= 4 is 35.1 Å². The SMILES string of the molecule is C=CCOc1cc(Cl)c(Cl)cc1C(=O)C1CCCN(C(=O)OC(C)(C)C)C1. The van der Waals surface area contributed by atoms with Crippen molar-refractivity contribution < 1.29 is 19.1 Å². The number of halogens is 2. The lowest BCUT2D eigenvalue weighted by atomic mass is 9.89. The van der Waals surface area contributed by atoms with Gasteiger partial charge in [0.05, 0.1) is 15.6 Å². The Balaban J connectivity index is 2.20. The largest absolute Gasteiger partial charge is 0.489 e. The number of piperidine rings is 1. The Hall–Kier alpha value is -1.72. The summed E-state index contributed by atoms with van der Waals surface area (Å²) in [6.45, 7) is 10.2. The van der Waals surface area contributed by atoms with E-state index in [9.17, 15) is 9.59 Å². The zero-order chi connectivity index (χ0) is 20.2. The monoisotopic (exact) mass is 413 g/mol. The molecule has 1 aliphatic heterocycles. The molecule has 0 spiro atoms. The van der Waals surface area contributed by atoms with E-state index in [-0.39, 0.29) is 23.3 Å². The van der Waals surface area contributed by atoms with Gasteiger partial charge >= 0.3 is 6.09 Å². The average molecular weight is 414 g/mol. The van der Waals surface area contributed by atoms with Crippen molar-refractivity contribution in [1.82, 2.24) is 4.90 Å². The number of nitrogens with zero attached hydrogens (tertiary/aromatic N) is 1. The fourth-order valence-electron chi connectivity index (χ4n) is 2.89. The fourth-order valence-corrected chi connectivity index (χ4v) is 3.21. The third-order valence-electron chi connectivity index (χ3n) is 4.09. The van der Waals surface area contributed by atoms with Gasteiger partial charge in [-0.2, -0.15) is 0 Å². The van der Waals surface area contributed by atoms with Crippen LogP contribution in [0.5, 0.6) is 5.75 Å². The van der Waals surface area contributed by atoms with E-state index in [1.54, 1.807) is 11.0 Å². The molecular weight excluding hydrogens is 389 g/mol. The molecule has 0 saturated carbocycles. The van der Waals surface area contributed by atoms with Crippen LogP contribution in [0, 0.1) is 5.92 Å². The van der Waals surface area contributed by atoms with E-state index in [1.807, 2.05) is 20.8 Å². The maximum atomic E-state index is 13.1. The molecule has 1 aliphatic rings. The molecule has 1 amide bonds. The number of ketones is 1. The molecule has 1 heterocycles. The number of ether oxygens (including phenoxy) is 2. The molecule has 1 saturated heterocycles. The molecule has 1 unspecified atom stereocenters. The van der Waals surface area contributed by atoms with E-state index < -0.39 is 11.7 Å². The predicted molar refractivity (Wildman–Crippen MR) is 107 cm³/mol. The van der Waals surface area contributed by atoms with Gasteiger partial charge in [0.1, 0.15) is 18.0 Å². The Bertz CT molecular complexity index is 727. The van der Waals surface area contributed by atoms with Crippen LogP contribution in [-0.4, -0.2) is 42.1 Å². The number of likely N-dealkylation sites (tertiary alicyclic amines) is 1. The van der Waals surface area contributed by atoms with Crippen molar-refractivity contribution in [2.24, 2.45) is 5.92 Å². The molecule has 7 heteroatoms. The number of carbonyl (C=O) groups is 2. The summed E-state index contributed by atoms with van der Waals surface area (Å²) in [6, 6.07) is 3.06. The molecule has 5 nitrogen and oxygen atoms in total. The summed E-state index contributed by atoms with van der Waals surface area (Å²) in [4.78, 5) is 27.0. The van der Waals surface area contributed by atoms with Gasteiger partial charge in [0, 0.05) is 25.1 Å². The minimum Gasteiger partial charge on any atom is -0.489 e. The molecule has 0 bridgehead atoms. The molecule has 1 aromatic carbocycles. The Morgan fingerprint density at radius 3 is 2.59 bits per heavy atom. The quantitative estimate of drug-likeness (QED) is 0.479. The highest BCUT2D eigenvalue weighted by atomic mass is 35.5. The zero-order valence-electron chi connectivity index (χ0n) is 15.9. The van der Waals surface area contributed by atoms with Gasteiger partial charge in [-0.05, 0) is 39.7 Å². The van der Waals surface area contributed by atoms with Gasteiger partial charge in [0.2, 0.25) is 0 Å². The summed E-state index contributed by atoms with van der Waals surface area (Å²) in [5.41, 5.74) is -0.217. The summed E-state index contributed by atoms with van der Waals surface area (Å²) in [7, 11) is 0. The van der Waals surface area contributed by atoms with Gasteiger partial charge in [-0.25, -0.2) is 4.79 Å². The normalized spacial score (nSPS) is 17.4. The lowest BCUT2D eigenvalue weighted by molar-refractivity contribution is 0.0172. The van der Waals surface area contributed by atoms with Gasteiger partial charge in [0.15, 0.2) is 5.78 Å². The summed E-state index contributed by atoms with van der Waals surface area (Å²) in [5, 5.41) is 0.595. The van der Waals surface area contributed by atoms with E-state index in [2.05, 4.69) is 6.58 Å². The van der Waals surface area contributed by atoms with Gasteiger partial charge in [0.25, 0.3) is 0 Å². The maximum absolute atomic E-state index is 13.1. The Morgan fingerprint density at radius 1 is 1.30 bits per heavy atom. The van der Waals surface area contributed by atoms with E-state index in [4.69, 9.17) is 32.7 Å². The van der Waals surface area contributed by atoms with Crippen molar-refractivity contribution in [3.8, 4) is 5.75 Å². The van der Waals surface area contributed by atoms with Crippen LogP contribution in [0.3, 0.4) is 0 Å². The van der Waals surface area contributed by atoms with Crippen LogP contribution in [0.25, 0.3) is 0 Å². The first-order valence-corrected chi connectivity index (χ1v) is 9.63. The van der Waals surface area contributed by atoms with Crippen molar-refractivity contribution in [2.75, 3.05) is 19.7 Å². The van der Waals surface area contributed by atoms with Gasteiger partial charge in [-0.1, -0.05) is 35.9 Å². The first-order chi connectivity index (χ1) is 12.6. The third-order valence-corrected chi connectivity index (χ3v) is 4.81. The lowest BCUT2D eigenvalue weighted by Gasteiger charge is -2.33. The Kier molecular flexibility index (Phi) is 7.18. The highest BCUT2D eigenvalue weighted by Crippen LogP contribution is 2.34. The van der Waals surface area contributed by atoms with E-state index in [0.29, 0.717) is 35.8 Å². The van der Waals surface area contributed by atoms with Gasteiger partial charge < -0.3 is 14.4 Å². The van der Waals surface area contributed by atoms with Crippen LogP contribution in [0.2, 0.25) is 10.0 Å². The van der Waals surface area contributed by atoms with Crippen LogP contribution >= 0.6 is 23.2 Å². The maximum Gasteiger partial charge on any atom is 0.410 e. The highest BCUT2D eigenvalue weighted by Gasteiger charge is 2.32. The van der Waals surface area contributed by atoms with Crippen LogP contribution in [0.1, 0.15) is 44.0 Å². The van der Waals surface area contributed by atoms with E-state index in [0.717, 1.165) is 6.42 Å². The molecule has 0 aromatic heterocycles. The molecule has 27 heavy (non-hydrogen) atoms. The molecule has 0 N–H and O–H groups in total. The first-order valence-electron chi connectivity index (χ1n) is 8.87. The molecule has 1 fully saturated rings. The second-order valence-electron chi connectivity index (χ2n) is 7.49. The fraction of sp³-hybridized carbons (Fsp3) is 0.500. The lowest BCUT2D eigenvalue weighted by Crippen LogP contribution is -2.44. The smallest absolute Gasteiger partial charge is 0.410 e. The molecule has 148 valence electrons. The van der Waals surface area contributed by atoms with Crippen molar-refractivity contribution in [2.45, 2.75) is 39.2 Å². The number of carbonyl (C=O) groups excluding carboxylic acids is 2. The van der Waals surface area contributed by atoms with Crippen LogP contribution in [-0.2, 0) is 4.74 Å². The zero-order valence-corrected chi connectivity index (χ0v) is 17.4. The minimum absolute atomic E-state index is 0.124. The molecule has 2 rings (SSSR count). The van der Waals surface area contributed by atoms with E-state index in [1.165, 1.54) is 12.1 Å². The predicted octanol–water partition coefficient (Wildman–Crippen LogP) is 5.39. The molecule has 1 aromatic rings. The topological polar surface area (TPSA) is 55.8 Å². The van der Waals surface area contributed by atoms with Crippen molar-refractivity contribution in [3.63, 3.8) is 0 Å². The number of rotatable bonds is 5. The third kappa shape index (κ3) is 5.88. The number of hydrogen-bond donors (Lipinski definition) is 0. The average Bonchev–Trinajstić information content (AvgIpc) is 2.60. The van der Waals surface area contributed by atoms with Gasteiger partial charge in [-0.3, -0.25) is 4.79 Å². The van der Waals surface area contributed by atoms with Crippen LogP contribution in [0.15, 0.2) is 24.8 Å². The molecule has 0 aliphatic carbocycles. The Labute approximate surface area is 170 Å². The van der Waals surface area contributed by atoms with Crippen molar-refractivity contribution in [1.29, 1.82) is 0 Å². The summed E-state index contributed by atoms with van der Waals surface area (Å²) in [5.74, 6) is -0.112. The van der Waals surface area contributed by atoms with Crippen molar-refractivity contribution in [3.05, 3.63) is 40.4 Å². The number of hydrogen-bond acceptors (Lipinski definition) is 4. The second kappa shape index (κ2) is 8.98. The van der Waals surface area contributed by atoms with Crippen LogP contribution in [0.4, 0.5) is 4.79 Å². The standard InChI is InChI=1S/C20H25Cl2NO4/c1-5-9-26-17-11-16(22)15(21)10-14(17)18(24)13-7-6-8-23(12-13)19(25)27-20(2,3)4/h5,10-11,13H,1,6-9,12H2,2-4H3. The molecule has 0 radical (unpaired) electrons. The molecular formula is C20H25Cl2NO4. The second-order valence-corrected chi connectivity index (χ2v) is 8.31. The Morgan fingerprint density at radius 2 is 1.96 bits per heavy atom. The van der Waals surface area contributed by atoms with Crippen LogP contribution < -0.4 is 4.74 Å². The summed E-state index contributed by atoms with van der Waals surface area (Å²) >= 11 is 12.2. The van der Waals surface area contributed by atoms with E-state index >= 15 is 0 Å². The number of benzene rings is 1. The summed E-state index contributed by atoms with van der Waals surface area (Å²) in [6.07, 6.45) is 2.58. The summed E-state index contributed by atoms with van der Waals surface area (Å²) < 4.78 is 11.0.